The van der Waals surface area contributed by atoms with Crippen molar-refractivity contribution >= 4 is 23.4 Å². The third-order valence-corrected chi connectivity index (χ3v) is 2.85. The number of benzene rings is 1. The SMILES string of the molecule is CCOC(=O)C(O)C(O)c1ccc(C(C)=O)c(Cl)c1. The lowest BCUT2D eigenvalue weighted by molar-refractivity contribution is -0.159. The van der Waals surface area contributed by atoms with Crippen LogP contribution in [-0.2, 0) is 9.53 Å². The van der Waals surface area contributed by atoms with Crippen LogP contribution in [0.3, 0.4) is 0 Å². The van der Waals surface area contributed by atoms with Crippen molar-refractivity contribution in [1.29, 1.82) is 0 Å². The molecule has 104 valence electrons. The van der Waals surface area contributed by atoms with Gasteiger partial charge in [0.15, 0.2) is 11.9 Å². The van der Waals surface area contributed by atoms with E-state index >= 15 is 0 Å². The van der Waals surface area contributed by atoms with Crippen LogP contribution in [0.2, 0.25) is 5.02 Å². The Kier molecular flexibility index (Phi) is 5.47. The van der Waals surface area contributed by atoms with Gasteiger partial charge in [-0.2, -0.15) is 0 Å². The van der Waals surface area contributed by atoms with E-state index in [2.05, 4.69) is 4.74 Å². The molecule has 2 unspecified atom stereocenters. The molecule has 0 spiro atoms. The molecule has 0 aliphatic carbocycles. The van der Waals surface area contributed by atoms with Gasteiger partial charge in [-0.1, -0.05) is 17.7 Å². The number of rotatable bonds is 5. The Morgan fingerprint density at radius 2 is 2.00 bits per heavy atom. The highest BCUT2D eigenvalue weighted by atomic mass is 35.5. The minimum Gasteiger partial charge on any atom is -0.464 e. The van der Waals surface area contributed by atoms with E-state index in [4.69, 9.17) is 11.6 Å². The number of ketones is 1. The number of aliphatic hydroxyl groups excluding tert-OH is 2. The van der Waals surface area contributed by atoms with Gasteiger partial charge in [0.2, 0.25) is 0 Å². The van der Waals surface area contributed by atoms with Crippen molar-refractivity contribution < 1.29 is 24.5 Å². The third kappa shape index (κ3) is 3.76. The number of hydrogen-bond acceptors (Lipinski definition) is 5. The zero-order chi connectivity index (χ0) is 14.6. The van der Waals surface area contributed by atoms with Crippen LogP contribution in [0.4, 0.5) is 0 Å². The molecule has 0 aliphatic rings. The first-order chi connectivity index (χ1) is 8.88. The minimum atomic E-state index is -1.70. The normalized spacial score (nSPS) is 13.7. The van der Waals surface area contributed by atoms with E-state index < -0.39 is 18.2 Å². The fourth-order valence-electron chi connectivity index (χ4n) is 1.54. The van der Waals surface area contributed by atoms with Gasteiger partial charge in [-0.05, 0) is 31.5 Å². The molecule has 6 heteroatoms. The summed E-state index contributed by atoms with van der Waals surface area (Å²) < 4.78 is 4.60. The number of carbonyl (C=O) groups excluding carboxylic acids is 2. The van der Waals surface area contributed by atoms with E-state index in [9.17, 15) is 19.8 Å². The van der Waals surface area contributed by atoms with Crippen molar-refractivity contribution in [1.82, 2.24) is 0 Å². The van der Waals surface area contributed by atoms with Gasteiger partial charge < -0.3 is 14.9 Å². The topological polar surface area (TPSA) is 83.8 Å². The Bertz CT molecular complexity index is 486. The third-order valence-electron chi connectivity index (χ3n) is 2.54. The standard InChI is InChI=1S/C13H15ClO5/c1-3-19-13(18)12(17)11(16)8-4-5-9(7(2)15)10(14)6-8/h4-6,11-12,16-17H,3H2,1-2H3. The van der Waals surface area contributed by atoms with Crippen molar-refractivity contribution in [2.45, 2.75) is 26.1 Å². The maximum atomic E-state index is 11.3. The summed E-state index contributed by atoms with van der Waals surface area (Å²) in [5, 5.41) is 19.6. The average Bonchev–Trinajstić information content (AvgIpc) is 2.36. The van der Waals surface area contributed by atoms with Gasteiger partial charge in [-0.25, -0.2) is 4.79 Å². The van der Waals surface area contributed by atoms with Crippen molar-refractivity contribution in [3.63, 3.8) is 0 Å². The highest BCUT2D eigenvalue weighted by Gasteiger charge is 2.27. The first kappa shape index (κ1) is 15.6. The van der Waals surface area contributed by atoms with Crippen LogP contribution < -0.4 is 0 Å². The summed E-state index contributed by atoms with van der Waals surface area (Å²) in [4.78, 5) is 22.5. The molecule has 19 heavy (non-hydrogen) atoms. The summed E-state index contributed by atoms with van der Waals surface area (Å²) in [5.41, 5.74) is 0.541. The molecular formula is C13H15ClO5. The quantitative estimate of drug-likeness (QED) is 0.633. The number of esters is 1. The number of hydrogen-bond donors (Lipinski definition) is 2. The van der Waals surface area contributed by atoms with Crippen LogP contribution in [0, 0.1) is 0 Å². The molecule has 0 aliphatic heterocycles. The predicted molar refractivity (Wildman–Crippen MR) is 69.1 cm³/mol. The van der Waals surface area contributed by atoms with E-state index in [1.54, 1.807) is 6.92 Å². The monoisotopic (exact) mass is 286 g/mol. The summed E-state index contributed by atoms with van der Waals surface area (Å²) in [6.07, 6.45) is -3.16. The molecule has 0 saturated carbocycles. The molecule has 5 nitrogen and oxygen atoms in total. The molecule has 2 atom stereocenters. The van der Waals surface area contributed by atoms with E-state index in [1.807, 2.05) is 0 Å². The average molecular weight is 287 g/mol. The van der Waals surface area contributed by atoms with Gasteiger partial charge in [0.25, 0.3) is 0 Å². The molecule has 1 aromatic rings. The van der Waals surface area contributed by atoms with E-state index in [-0.39, 0.29) is 23.0 Å². The van der Waals surface area contributed by atoms with Gasteiger partial charge >= 0.3 is 5.97 Å². The molecule has 0 fully saturated rings. The van der Waals surface area contributed by atoms with Crippen LogP contribution in [0.1, 0.15) is 35.9 Å². The smallest absolute Gasteiger partial charge is 0.338 e. The molecule has 0 heterocycles. The van der Waals surface area contributed by atoms with Crippen LogP contribution in [-0.4, -0.2) is 34.7 Å². The zero-order valence-corrected chi connectivity index (χ0v) is 11.3. The van der Waals surface area contributed by atoms with Gasteiger partial charge in [0.1, 0.15) is 6.10 Å². The van der Waals surface area contributed by atoms with Gasteiger partial charge in [0.05, 0.1) is 11.6 Å². The number of carbonyl (C=O) groups is 2. The Hall–Kier alpha value is -1.43. The Labute approximate surface area is 115 Å². The first-order valence-corrected chi connectivity index (χ1v) is 6.09. The molecule has 0 bridgehead atoms. The molecule has 1 aromatic carbocycles. The van der Waals surface area contributed by atoms with Crippen LogP contribution in [0.5, 0.6) is 0 Å². The largest absolute Gasteiger partial charge is 0.464 e. The molecule has 2 N–H and O–H groups in total. The van der Waals surface area contributed by atoms with E-state index in [0.29, 0.717) is 5.56 Å². The lowest BCUT2D eigenvalue weighted by atomic mass is 10.0. The van der Waals surface area contributed by atoms with Gasteiger partial charge in [0, 0.05) is 5.56 Å². The second-order valence-electron chi connectivity index (χ2n) is 3.94. The summed E-state index contributed by atoms with van der Waals surface area (Å²) in [5.74, 6) is -1.13. The second-order valence-corrected chi connectivity index (χ2v) is 4.34. The Morgan fingerprint density at radius 3 is 2.47 bits per heavy atom. The molecule has 0 radical (unpaired) electrons. The fourth-order valence-corrected chi connectivity index (χ4v) is 1.86. The van der Waals surface area contributed by atoms with E-state index in [1.165, 1.54) is 25.1 Å². The highest BCUT2D eigenvalue weighted by molar-refractivity contribution is 6.33. The van der Waals surface area contributed by atoms with Gasteiger partial charge in [-0.3, -0.25) is 4.79 Å². The zero-order valence-electron chi connectivity index (χ0n) is 10.6. The first-order valence-electron chi connectivity index (χ1n) is 5.71. The Balaban J connectivity index is 2.94. The molecule has 1 rings (SSSR count). The predicted octanol–water partition coefficient (Wildman–Crippen LogP) is 1.50. The van der Waals surface area contributed by atoms with Crippen molar-refractivity contribution in [3.05, 3.63) is 34.3 Å². The summed E-state index contributed by atoms with van der Waals surface area (Å²) in [6.45, 7) is 3.06. The number of aliphatic hydroxyl groups is 2. The lowest BCUT2D eigenvalue weighted by Crippen LogP contribution is -2.29. The van der Waals surface area contributed by atoms with Crippen molar-refractivity contribution in [3.8, 4) is 0 Å². The van der Waals surface area contributed by atoms with Crippen molar-refractivity contribution in [2.24, 2.45) is 0 Å². The molecular weight excluding hydrogens is 272 g/mol. The summed E-state index contributed by atoms with van der Waals surface area (Å²) >= 11 is 5.88. The lowest BCUT2D eigenvalue weighted by Gasteiger charge is -2.17. The summed E-state index contributed by atoms with van der Waals surface area (Å²) in [6, 6.07) is 4.20. The van der Waals surface area contributed by atoms with Crippen LogP contribution in [0.15, 0.2) is 18.2 Å². The number of ether oxygens (including phenoxy) is 1. The fraction of sp³-hybridized carbons (Fsp3) is 0.385. The summed E-state index contributed by atoms with van der Waals surface area (Å²) in [7, 11) is 0. The molecule has 0 aromatic heterocycles. The highest BCUT2D eigenvalue weighted by Crippen LogP contribution is 2.24. The second kappa shape index (κ2) is 6.65. The maximum absolute atomic E-state index is 11.3. The Morgan fingerprint density at radius 1 is 1.37 bits per heavy atom. The van der Waals surface area contributed by atoms with Crippen molar-refractivity contribution in [2.75, 3.05) is 6.61 Å². The minimum absolute atomic E-state index is 0.104. The van der Waals surface area contributed by atoms with Crippen LogP contribution in [0.25, 0.3) is 0 Å². The van der Waals surface area contributed by atoms with Gasteiger partial charge in [-0.15, -0.1) is 0 Å². The van der Waals surface area contributed by atoms with Crippen LogP contribution >= 0.6 is 11.6 Å². The molecule has 0 saturated heterocycles. The van der Waals surface area contributed by atoms with E-state index in [0.717, 1.165) is 0 Å². The number of halogens is 1. The number of Topliss-reactive ketones (excluding diaryl/α,β-unsaturated/α-hetero) is 1. The molecule has 0 amide bonds. The maximum Gasteiger partial charge on any atom is 0.338 e.